The Kier molecular flexibility index (Phi) is 5.17. The standard InChI is InChI=1S/C26H20N4O3/c27-14-21-22(17-6-10-19(31)11-7-17)23-24(29-30-26(23)33-25(21)28)18-8-12-20(13-9-18)32-15-16-4-2-1-3-5-16/h1-13,22,31H,15,28H2,(H,29,30)/t22-/m0/s1. The van der Waals surface area contributed by atoms with Crippen LogP contribution in [0.1, 0.15) is 22.6 Å². The first-order chi connectivity index (χ1) is 16.1. The Labute approximate surface area is 190 Å². The van der Waals surface area contributed by atoms with Crippen LogP contribution in [-0.4, -0.2) is 15.3 Å². The first-order valence-electron chi connectivity index (χ1n) is 10.4. The Hall–Kier alpha value is -4.70. The number of hydrogen-bond donors (Lipinski definition) is 3. The molecular formula is C26H20N4O3. The maximum Gasteiger partial charge on any atom is 0.244 e. The van der Waals surface area contributed by atoms with Gasteiger partial charge >= 0.3 is 0 Å². The lowest BCUT2D eigenvalue weighted by Gasteiger charge is -2.24. The second kappa shape index (κ2) is 8.44. The van der Waals surface area contributed by atoms with Crippen molar-refractivity contribution in [3.63, 3.8) is 0 Å². The van der Waals surface area contributed by atoms with Crippen molar-refractivity contribution in [2.45, 2.75) is 12.5 Å². The van der Waals surface area contributed by atoms with Crippen LogP contribution in [0.4, 0.5) is 0 Å². The van der Waals surface area contributed by atoms with Gasteiger partial charge in [-0.25, -0.2) is 0 Å². The summed E-state index contributed by atoms with van der Waals surface area (Å²) in [5.41, 5.74) is 10.5. The molecule has 1 aliphatic rings. The lowest BCUT2D eigenvalue weighted by molar-refractivity contribution is 0.306. The molecule has 5 rings (SSSR count). The Morgan fingerprint density at radius 2 is 1.76 bits per heavy atom. The van der Waals surface area contributed by atoms with Crippen LogP contribution in [0.25, 0.3) is 11.3 Å². The molecule has 0 spiro atoms. The molecule has 162 valence electrons. The second-order valence-electron chi connectivity index (χ2n) is 7.63. The van der Waals surface area contributed by atoms with E-state index in [4.69, 9.17) is 15.2 Å². The number of ether oxygens (including phenoxy) is 2. The number of aromatic hydroxyl groups is 1. The highest BCUT2D eigenvalue weighted by atomic mass is 16.5. The minimum absolute atomic E-state index is 0.0192. The zero-order valence-corrected chi connectivity index (χ0v) is 17.5. The smallest absolute Gasteiger partial charge is 0.244 e. The molecule has 0 amide bonds. The molecule has 0 radical (unpaired) electrons. The number of aromatic amines is 1. The summed E-state index contributed by atoms with van der Waals surface area (Å²) in [6, 6.07) is 26.4. The fourth-order valence-electron chi connectivity index (χ4n) is 3.92. The number of aromatic nitrogens is 2. The maximum absolute atomic E-state index is 9.80. The van der Waals surface area contributed by atoms with E-state index >= 15 is 0 Å². The first kappa shape index (κ1) is 20.2. The molecule has 0 unspecified atom stereocenters. The largest absolute Gasteiger partial charge is 0.508 e. The Bertz CT molecular complexity index is 1350. The number of allylic oxidation sites excluding steroid dienone is 1. The molecule has 0 aliphatic carbocycles. The third-order valence-electron chi connectivity index (χ3n) is 5.56. The number of phenols is 1. The van der Waals surface area contributed by atoms with E-state index in [1.54, 1.807) is 24.3 Å². The Morgan fingerprint density at radius 1 is 1.03 bits per heavy atom. The van der Waals surface area contributed by atoms with Crippen LogP contribution in [0.3, 0.4) is 0 Å². The number of fused-ring (bicyclic) bond motifs is 1. The third kappa shape index (κ3) is 3.86. The number of nitriles is 1. The summed E-state index contributed by atoms with van der Waals surface area (Å²) < 4.78 is 11.5. The summed E-state index contributed by atoms with van der Waals surface area (Å²) in [6.07, 6.45) is 0. The Morgan fingerprint density at radius 3 is 2.45 bits per heavy atom. The lowest BCUT2D eigenvalue weighted by Crippen LogP contribution is -2.20. The van der Waals surface area contributed by atoms with E-state index in [0.29, 0.717) is 23.6 Å². The van der Waals surface area contributed by atoms with Crippen molar-refractivity contribution < 1.29 is 14.6 Å². The topological polar surface area (TPSA) is 117 Å². The van der Waals surface area contributed by atoms with Gasteiger partial charge in [0, 0.05) is 5.56 Å². The maximum atomic E-state index is 9.80. The zero-order valence-electron chi connectivity index (χ0n) is 17.5. The van der Waals surface area contributed by atoms with Crippen LogP contribution in [0, 0.1) is 11.3 Å². The molecule has 4 N–H and O–H groups in total. The number of benzene rings is 3. The molecule has 1 aliphatic heterocycles. The van der Waals surface area contributed by atoms with E-state index < -0.39 is 5.92 Å². The average molecular weight is 436 g/mol. The number of nitrogens with one attached hydrogen (secondary N) is 1. The van der Waals surface area contributed by atoms with Crippen molar-refractivity contribution in [1.82, 2.24) is 10.2 Å². The van der Waals surface area contributed by atoms with Crippen molar-refractivity contribution in [3.05, 3.63) is 107 Å². The molecule has 33 heavy (non-hydrogen) atoms. The van der Waals surface area contributed by atoms with E-state index in [1.807, 2.05) is 54.6 Å². The van der Waals surface area contributed by atoms with Crippen molar-refractivity contribution in [2.24, 2.45) is 5.73 Å². The number of hydrogen-bond acceptors (Lipinski definition) is 6. The van der Waals surface area contributed by atoms with Crippen LogP contribution in [0.2, 0.25) is 0 Å². The number of phenolic OH excluding ortho intramolecular Hbond substituents is 1. The highest BCUT2D eigenvalue weighted by Gasteiger charge is 2.35. The van der Waals surface area contributed by atoms with Crippen molar-refractivity contribution in [3.8, 4) is 34.7 Å². The van der Waals surface area contributed by atoms with Crippen molar-refractivity contribution in [1.29, 1.82) is 5.26 Å². The van der Waals surface area contributed by atoms with E-state index in [9.17, 15) is 10.4 Å². The zero-order chi connectivity index (χ0) is 22.8. The number of nitrogens with two attached hydrogens (primary N) is 1. The van der Waals surface area contributed by atoms with Gasteiger partial charge in [0.2, 0.25) is 11.8 Å². The lowest BCUT2D eigenvalue weighted by atomic mass is 9.83. The molecule has 0 saturated carbocycles. The van der Waals surface area contributed by atoms with Crippen molar-refractivity contribution >= 4 is 0 Å². The predicted octanol–water partition coefficient (Wildman–Crippen LogP) is 4.58. The van der Waals surface area contributed by atoms with Gasteiger partial charge in [-0.3, -0.25) is 5.10 Å². The minimum atomic E-state index is -0.484. The van der Waals surface area contributed by atoms with Crippen molar-refractivity contribution in [2.75, 3.05) is 0 Å². The van der Waals surface area contributed by atoms with Crippen LogP contribution in [0.5, 0.6) is 17.4 Å². The number of rotatable bonds is 5. The highest BCUT2D eigenvalue weighted by molar-refractivity contribution is 5.71. The molecule has 0 bridgehead atoms. The normalized spacial score (nSPS) is 14.8. The van der Waals surface area contributed by atoms with Crippen LogP contribution >= 0.6 is 0 Å². The van der Waals surface area contributed by atoms with Gasteiger partial charge in [-0.05, 0) is 47.5 Å². The first-order valence-corrected chi connectivity index (χ1v) is 10.4. The monoisotopic (exact) mass is 436 g/mol. The molecular weight excluding hydrogens is 416 g/mol. The van der Waals surface area contributed by atoms with Crippen LogP contribution < -0.4 is 15.2 Å². The fraction of sp³-hybridized carbons (Fsp3) is 0.0769. The molecule has 0 saturated heterocycles. The molecule has 1 aromatic heterocycles. The molecule has 4 aromatic rings. The molecule has 2 heterocycles. The van der Waals surface area contributed by atoms with Gasteiger partial charge in [0.05, 0.1) is 17.2 Å². The quantitative estimate of drug-likeness (QED) is 0.422. The molecule has 3 aromatic carbocycles. The van der Waals surface area contributed by atoms with Gasteiger partial charge in [-0.15, -0.1) is 5.10 Å². The summed E-state index contributed by atoms with van der Waals surface area (Å²) in [5.74, 6) is 0.737. The highest BCUT2D eigenvalue weighted by Crippen LogP contribution is 2.45. The molecule has 7 heteroatoms. The molecule has 7 nitrogen and oxygen atoms in total. The fourth-order valence-corrected chi connectivity index (χ4v) is 3.92. The minimum Gasteiger partial charge on any atom is -0.508 e. The van der Waals surface area contributed by atoms with Gasteiger partial charge in [-0.2, -0.15) is 5.26 Å². The third-order valence-corrected chi connectivity index (χ3v) is 5.56. The van der Waals surface area contributed by atoms with Crippen LogP contribution in [-0.2, 0) is 6.61 Å². The van der Waals surface area contributed by atoms with Gasteiger partial charge in [0.1, 0.15) is 29.7 Å². The van der Waals surface area contributed by atoms with E-state index in [1.165, 1.54) is 0 Å². The summed E-state index contributed by atoms with van der Waals surface area (Å²) in [6.45, 7) is 0.478. The second-order valence-corrected chi connectivity index (χ2v) is 7.63. The van der Waals surface area contributed by atoms with Gasteiger partial charge in [-0.1, -0.05) is 42.5 Å². The molecule has 1 atom stereocenters. The predicted molar refractivity (Wildman–Crippen MR) is 122 cm³/mol. The van der Waals surface area contributed by atoms with Gasteiger partial charge in [0.15, 0.2) is 0 Å². The SMILES string of the molecule is N#CC1=C(N)Oc2n[nH]c(-c3ccc(OCc4ccccc4)cc3)c2[C@H]1c1ccc(O)cc1. The summed E-state index contributed by atoms with van der Waals surface area (Å²) in [4.78, 5) is 0. The van der Waals surface area contributed by atoms with Gasteiger partial charge in [0.25, 0.3) is 0 Å². The number of H-pyrrole nitrogens is 1. The molecule has 0 fully saturated rings. The number of nitrogens with zero attached hydrogens (tertiary/aromatic N) is 2. The Balaban J connectivity index is 1.48. The summed E-state index contributed by atoms with van der Waals surface area (Å²) in [7, 11) is 0. The van der Waals surface area contributed by atoms with Gasteiger partial charge < -0.3 is 20.3 Å². The van der Waals surface area contributed by atoms with E-state index in [0.717, 1.165) is 28.1 Å². The van der Waals surface area contributed by atoms with E-state index in [2.05, 4.69) is 16.3 Å². The van der Waals surface area contributed by atoms with Crippen LogP contribution in [0.15, 0.2) is 90.3 Å². The van der Waals surface area contributed by atoms with E-state index in [-0.39, 0.29) is 11.6 Å². The summed E-state index contributed by atoms with van der Waals surface area (Å²) in [5, 5.41) is 26.8. The average Bonchev–Trinajstić information content (AvgIpc) is 3.27. The summed E-state index contributed by atoms with van der Waals surface area (Å²) >= 11 is 0.